The molecular formula is C30H41F4N7O4SSe. The fourth-order valence-corrected chi connectivity index (χ4v) is 9.06. The first-order valence-electron chi connectivity index (χ1n) is 15.5. The molecule has 3 aromatic heterocycles. The van der Waals surface area contributed by atoms with Gasteiger partial charge in [0.25, 0.3) is 0 Å². The molecule has 0 aromatic carbocycles. The molecule has 1 aliphatic heterocycles. The second kappa shape index (κ2) is 12.6. The van der Waals surface area contributed by atoms with Crippen molar-refractivity contribution in [1.29, 1.82) is 0 Å². The van der Waals surface area contributed by atoms with Crippen molar-refractivity contribution in [3.8, 4) is 10.3 Å². The van der Waals surface area contributed by atoms with Gasteiger partial charge < -0.3 is 0 Å². The topological polar surface area (TPSA) is 122 Å². The molecule has 5 rings (SSSR count). The van der Waals surface area contributed by atoms with Gasteiger partial charge in [0.15, 0.2) is 0 Å². The van der Waals surface area contributed by atoms with Crippen LogP contribution in [0, 0.1) is 5.92 Å². The number of halogens is 4. The third-order valence-corrected chi connectivity index (χ3v) is 11.5. The molecule has 2 aliphatic rings. The number of imidazole rings is 1. The van der Waals surface area contributed by atoms with Gasteiger partial charge in [-0.3, -0.25) is 0 Å². The molecule has 1 aliphatic carbocycles. The Bertz CT molecular complexity index is 1740. The van der Waals surface area contributed by atoms with Gasteiger partial charge in [0, 0.05) is 0 Å². The van der Waals surface area contributed by atoms with Crippen molar-refractivity contribution in [2.24, 2.45) is 5.92 Å². The van der Waals surface area contributed by atoms with E-state index in [-0.39, 0.29) is 45.1 Å². The molecule has 3 aromatic rings. The van der Waals surface area contributed by atoms with Gasteiger partial charge in [-0.1, -0.05) is 0 Å². The van der Waals surface area contributed by atoms with Crippen molar-refractivity contribution in [2.75, 3.05) is 18.0 Å². The first kappa shape index (κ1) is 35.6. The predicted octanol–water partition coefficient (Wildman–Crippen LogP) is 5.46. The Morgan fingerprint density at radius 2 is 1.70 bits per heavy atom. The Kier molecular flexibility index (Phi) is 9.54. The van der Waals surface area contributed by atoms with E-state index in [0.717, 1.165) is 12.8 Å². The SMILES string of the molecule is CC(C)[C@H](NS(=O)(=O)c1cc(N2C[C@H](C)N(C(=O)OC(C)(C)C)[C@@H](C)C2)c2nc(C3CC3)c(-c3nnc(C(F)F)[se]3)n2c1)C(C)(F)F. The number of hydrogen-bond acceptors (Lipinski definition) is 8. The molecule has 3 atom stereocenters. The molecule has 17 heteroatoms. The third kappa shape index (κ3) is 7.47. The van der Waals surface area contributed by atoms with Gasteiger partial charge in [-0.2, -0.15) is 0 Å². The van der Waals surface area contributed by atoms with E-state index in [0.29, 0.717) is 29.6 Å². The van der Waals surface area contributed by atoms with Gasteiger partial charge in [-0.05, 0) is 20.8 Å². The molecule has 0 bridgehead atoms. The molecule has 11 nitrogen and oxygen atoms in total. The Morgan fingerprint density at radius 3 is 2.19 bits per heavy atom. The molecule has 2 fully saturated rings. The zero-order chi connectivity index (χ0) is 34.8. The second-order valence-corrected chi connectivity index (χ2v) is 17.7. The third-order valence-electron chi connectivity index (χ3n) is 8.17. The quantitative estimate of drug-likeness (QED) is 0.226. The summed E-state index contributed by atoms with van der Waals surface area (Å²) < 4.78 is 93.5. The fraction of sp³-hybridized carbons (Fsp3) is 0.667. The first-order valence-corrected chi connectivity index (χ1v) is 18.7. The van der Waals surface area contributed by atoms with E-state index in [1.807, 2.05) is 18.7 Å². The zero-order valence-electron chi connectivity index (χ0n) is 27.6. The number of carbonyl (C=O) groups excluding carboxylic acids is 1. The van der Waals surface area contributed by atoms with Gasteiger partial charge in [0.05, 0.1) is 0 Å². The van der Waals surface area contributed by atoms with E-state index < -0.39 is 60.5 Å². The van der Waals surface area contributed by atoms with Crippen molar-refractivity contribution in [1.82, 2.24) is 29.2 Å². The second-order valence-electron chi connectivity index (χ2n) is 13.9. The van der Waals surface area contributed by atoms with Crippen LogP contribution in [-0.2, 0) is 14.8 Å². The van der Waals surface area contributed by atoms with Crippen LogP contribution in [0.1, 0.15) is 90.8 Å². The molecule has 0 unspecified atom stereocenters. The van der Waals surface area contributed by atoms with E-state index >= 15 is 0 Å². The van der Waals surface area contributed by atoms with E-state index in [1.165, 1.54) is 30.5 Å². The minimum atomic E-state index is -4.54. The van der Waals surface area contributed by atoms with Crippen LogP contribution in [0.25, 0.3) is 15.9 Å². The molecule has 47 heavy (non-hydrogen) atoms. The van der Waals surface area contributed by atoms with Gasteiger partial charge in [-0.25, -0.2) is 0 Å². The van der Waals surface area contributed by atoms with Crippen LogP contribution in [0.5, 0.6) is 0 Å². The number of sulfonamides is 1. The van der Waals surface area contributed by atoms with Gasteiger partial charge in [0.1, 0.15) is 0 Å². The van der Waals surface area contributed by atoms with Gasteiger partial charge in [0.2, 0.25) is 0 Å². The number of amides is 1. The van der Waals surface area contributed by atoms with Crippen molar-refractivity contribution in [2.45, 2.75) is 115 Å². The van der Waals surface area contributed by atoms with Crippen LogP contribution in [0.4, 0.5) is 28.0 Å². The number of ether oxygens (including phenoxy) is 1. The van der Waals surface area contributed by atoms with Crippen molar-refractivity contribution in [3.05, 3.63) is 22.5 Å². The summed E-state index contributed by atoms with van der Waals surface area (Å²) in [7, 11) is -4.54. The summed E-state index contributed by atoms with van der Waals surface area (Å²) in [5.74, 6) is -4.07. The molecule has 0 radical (unpaired) electrons. The van der Waals surface area contributed by atoms with E-state index in [2.05, 4.69) is 14.9 Å². The van der Waals surface area contributed by atoms with Crippen molar-refractivity contribution >= 4 is 42.0 Å². The monoisotopic (exact) mass is 751 g/mol. The Balaban J connectivity index is 1.67. The zero-order valence-corrected chi connectivity index (χ0v) is 30.1. The maximum absolute atomic E-state index is 14.6. The number of pyridine rings is 1. The average Bonchev–Trinajstić information content (AvgIpc) is 3.51. The molecule has 1 N–H and O–H groups in total. The molecule has 260 valence electrons. The molecule has 1 amide bonds. The minimum absolute atomic E-state index is 0.0241. The molecule has 1 saturated carbocycles. The van der Waals surface area contributed by atoms with Crippen LogP contribution in [0.2, 0.25) is 0 Å². The molecule has 1 saturated heterocycles. The van der Waals surface area contributed by atoms with Crippen molar-refractivity contribution in [3.63, 3.8) is 0 Å². The van der Waals surface area contributed by atoms with Crippen LogP contribution in [-0.4, -0.2) is 96.2 Å². The summed E-state index contributed by atoms with van der Waals surface area (Å²) >= 11 is -0.934. The summed E-state index contributed by atoms with van der Waals surface area (Å²) in [5, 5.41) is 7.79. The normalized spacial score (nSPS) is 20.5. The maximum atomic E-state index is 14.6. The van der Waals surface area contributed by atoms with Crippen LogP contribution < -0.4 is 9.62 Å². The van der Waals surface area contributed by atoms with Gasteiger partial charge >= 0.3 is 258 Å². The number of hydrogen-bond donors (Lipinski definition) is 1. The summed E-state index contributed by atoms with van der Waals surface area (Å²) in [6.07, 6.45) is -0.344. The summed E-state index contributed by atoms with van der Waals surface area (Å²) in [5.41, 5.74) is 1.07. The summed E-state index contributed by atoms with van der Waals surface area (Å²) in [6, 6.07) is -1.02. The number of fused-ring (bicyclic) bond motifs is 1. The Morgan fingerprint density at radius 1 is 1.09 bits per heavy atom. The van der Waals surface area contributed by atoms with Crippen LogP contribution in [0.3, 0.4) is 0 Å². The van der Waals surface area contributed by atoms with E-state index in [9.17, 15) is 30.8 Å². The Hall–Kier alpha value is -2.75. The number of piperazine rings is 1. The Labute approximate surface area is 277 Å². The van der Waals surface area contributed by atoms with E-state index in [1.54, 1.807) is 25.7 Å². The number of anilines is 1. The number of nitrogens with one attached hydrogen (secondary N) is 1. The fourth-order valence-electron chi connectivity index (χ4n) is 6.03. The summed E-state index contributed by atoms with van der Waals surface area (Å²) in [6.45, 7) is 13.3. The number of nitrogens with zero attached hydrogens (tertiary/aromatic N) is 6. The molecule has 4 heterocycles. The average molecular weight is 751 g/mol. The number of alkyl halides is 4. The van der Waals surface area contributed by atoms with E-state index in [4.69, 9.17) is 9.72 Å². The first-order chi connectivity index (χ1) is 21.7. The molecular weight excluding hydrogens is 709 g/mol. The van der Waals surface area contributed by atoms with Crippen LogP contribution in [0.15, 0.2) is 17.2 Å². The molecule has 0 spiro atoms. The summed E-state index contributed by atoms with van der Waals surface area (Å²) in [4.78, 5) is 21.3. The van der Waals surface area contributed by atoms with Crippen molar-refractivity contribution < 1.29 is 35.5 Å². The number of aromatic nitrogens is 4. The number of rotatable bonds is 9. The van der Waals surface area contributed by atoms with Gasteiger partial charge in [-0.15, -0.1) is 0 Å². The number of carbonyl (C=O) groups is 1. The van der Waals surface area contributed by atoms with Crippen LogP contribution >= 0.6 is 0 Å². The predicted molar refractivity (Wildman–Crippen MR) is 169 cm³/mol. The standard InChI is InChI=1S/C30H41F4N7O4SSe/c1-15(2)23(30(8,33)34)38-46(43,44)19-11-20(39-12-16(3)41(17(4)13-39)28(42)45-29(5,6)7)25-35-21(18-9-10-18)22(40(25)14-19)26-36-37-27(47-26)24(31)32/h11,14-18,23-24,38H,9-10,12-13H2,1-8H3/t16-,17-,23-/m0/s1.